The van der Waals surface area contributed by atoms with E-state index in [9.17, 15) is 18.8 Å². The molecule has 1 amide bonds. The van der Waals surface area contributed by atoms with Gasteiger partial charge in [-0.1, -0.05) is 23.4 Å². The largest absolute Gasteiger partial charge is 0.455 e. The van der Waals surface area contributed by atoms with Gasteiger partial charge in [-0.2, -0.15) is 5.26 Å². The Morgan fingerprint density at radius 2 is 2.15 bits per heavy atom. The SMILES string of the molecule is Cc1cc(=O)[nH]c(SCC(=O)OCC(=O)Nc2ccc(Cl)cc2F)c1C#N. The van der Waals surface area contributed by atoms with Crippen LogP contribution in [0.3, 0.4) is 0 Å². The molecule has 0 spiro atoms. The molecule has 0 fully saturated rings. The topological polar surface area (TPSA) is 112 Å². The van der Waals surface area contributed by atoms with Gasteiger partial charge >= 0.3 is 5.97 Å². The number of H-pyrrole nitrogens is 1. The second kappa shape index (κ2) is 9.21. The van der Waals surface area contributed by atoms with E-state index < -0.39 is 29.9 Å². The zero-order valence-corrected chi connectivity index (χ0v) is 15.5. The molecule has 140 valence electrons. The van der Waals surface area contributed by atoms with Gasteiger partial charge < -0.3 is 15.0 Å². The summed E-state index contributed by atoms with van der Waals surface area (Å²) in [6, 6.07) is 6.95. The maximum atomic E-state index is 13.6. The minimum Gasteiger partial charge on any atom is -0.455 e. The van der Waals surface area contributed by atoms with Gasteiger partial charge in [-0.15, -0.1) is 0 Å². The number of hydrogen-bond acceptors (Lipinski definition) is 6. The third kappa shape index (κ3) is 5.84. The number of amides is 1. The average molecular weight is 410 g/mol. The van der Waals surface area contributed by atoms with Crippen molar-refractivity contribution in [2.45, 2.75) is 11.9 Å². The summed E-state index contributed by atoms with van der Waals surface area (Å²) in [5.41, 5.74) is 0.252. The Balaban J connectivity index is 1.87. The van der Waals surface area contributed by atoms with Crippen molar-refractivity contribution in [1.29, 1.82) is 5.26 Å². The van der Waals surface area contributed by atoms with Crippen LogP contribution in [0.5, 0.6) is 0 Å². The van der Waals surface area contributed by atoms with E-state index in [0.29, 0.717) is 5.56 Å². The lowest BCUT2D eigenvalue weighted by molar-refractivity contribution is -0.144. The van der Waals surface area contributed by atoms with Crippen LogP contribution in [0.1, 0.15) is 11.1 Å². The van der Waals surface area contributed by atoms with Crippen molar-refractivity contribution in [1.82, 2.24) is 4.98 Å². The normalized spacial score (nSPS) is 10.1. The number of nitrogens with zero attached hydrogens (tertiary/aromatic N) is 1. The van der Waals surface area contributed by atoms with E-state index in [1.807, 2.05) is 6.07 Å². The third-order valence-electron chi connectivity index (χ3n) is 3.22. The Morgan fingerprint density at radius 3 is 2.81 bits per heavy atom. The highest BCUT2D eigenvalue weighted by Gasteiger charge is 2.13. The lowest BCUT2D eigenvalue weighted by Gasteiger charge is -2.08. The highest BCUT2D eigenvalue weighted by atomic mass is 35.5. The number of carbonyl (C=O) groups is 2. The number of nitrogens with one attached hydrogen (secondary N) is 2. The van der Waals surface area contributed by atoms with Gasteiger partial charge in [0.2, 0.25) is 5.56 Å². The van der Waals surface area contributed by atoms with E-state index in [2.05, 4.69) is 10.3 Å². The molecule has 0 saturated carbocycles. The summed E-state index contributed by atoms with van der Waals surface area (Å²) in [4.78, 5) is 37.4. The summed E-state index contributed by atoms with van der Waals surface area (Å²) >= 11 is 6.52. The lowest BCUT2D eigenvalue weighted by Crippen LogP contribution is -2.22. The van der Waals surface area contributed by atoms with Gasteiger partial charge in [0.1, 0.15) is 11.9 Å². The first-order chi connectivity index (χ1) is 12.8. The van der Waals surface area contributed by atoms with Crippen molar-refractivity contribution in [2.75, 3.05) is 17.7 Å². The second-order valence-corrected chi connectivity index (χ2v) is 6.68. The number of nitriles is 1. The molecule has 0 bridgehead atoms. The molecule has 2 aromatic rings. The van der Waals surface area contributed by atoms with Crippen LogP contribution in [-0.2, 0) is 14.3 Å². The van der Waals surface area contributed by atoms with E-state index in [-0.39, 0.29) is 27.1 Å². The molecule has 2 rings (SSSR count). The fourth-order valence-corrected chi connectivity index (χ4v) is 3.03. The van der Waals surface area contributed by atoms with E-state index in [4.69, 9.17) is 21.6 Å². The van der Waals surface area contributed by atoms with Crippen LogP contribution in [0.15, 0.2) is 34.1 Å². The maximum absolute atomic E-state index is 13.6. The number of ether oxygens (including phenoxy) is 1. The number of pyridine rings is 1. The lowest BCUT2D eigenvalue weighted by atomic mass is 10.2. The zero-order valence-electron chi connectivity index (χ0n) is 14.0. The molecule has 0 radical (unpaired) electrons. The number of esters is 1. The number of anilines is 1. The maximum Gasteiger partial charge on any atom is 0.316 e. The molecule has 0 aliphatic heterocycles. The summed E-state index contributed by atoms with van der Waals surface area (Å²) in [5.74, 6) is -2.41. The van der Waals surface area contributed by atoms with Crippen molar-refractivity contribution in [3.05, 3.63) is 56.6 Å². The number of rotatable bonds is 6. The summed E-state index contributed by atoms with van der Waals surface area (Å²) in [6.45, 7) is 0.993. The van der Waals surface area contributed by atoms with Crippen LogP contribution >= 0.6 is 23.4 Å². The Bertz CT molecular complexity index is 987. The summed E-state index contributed by atoms with van der Waals surface area (Å²) < 4.78 is 18.4. The van der Waals surface area contributed by atoms with Crippen molar-refractivity contribution in [2.24, 2.45) is 0 Å². The van der Waals surface area contributed by atoms with Gasteiger partial charge in [0.05, 0.1) is 22.0 Å². The van der Waals surface area contributed by atoms with Crippen LogP contribution in [0.2, 0.25) is 5.02 Å². The summed E-state index contributed by atoms with van der Waals surface area (Å²) in [6.07, 6.45) is 0. The molecular weight excluding hydrogens is 397 g/mol. The third-order valence-corrected chi connectivity index (χ3v) is 4.43. The average Bonchev–Trinajstić information content (AvgIpc) is 2.60. The number of aromatic nitrogens is 1. The van der Waals surface area contributed by atoms with E-state index in [1.54, 1.807) is 6.92 Å². The Morgan fingerprint density at radius 1 is 1.41 bits per heavy atom. The molecule has 0 unspecified atom stereocenters. The number of halogens is 2. The first kappa shape index (κ1) is 20.5. The molecule has 10 heteroatoms. The van der Waals surface area contributed by atoms with Crippen LogP contribution in [0, 0.1) is 24.1 Å². The second-order valence-electron chi connectivity index (χ2n) is 5.25. The summed E-state index contributed by atoms with van der Waals surface area (Å²) in [7, 11) is 0. The quantitative estimate of drug-likeness (QED) is 0.560. The minimum absolute atomic E-state index is 0.0918. The van der Waals surface area contributed by atoms with E-state index in [1.165, 1.54) is 18.2 Å². The van der Waals surface area contributed by atoms with Crippen LogP contribution in [0.4, 0.5) is 10.1 Å². The van der Waals surface area contributed by atoms with E-state index >= 15 is 0 Å². The van der Waals surface area contributed by atoms with E-state index in [0.717, 1.165) is 17.8 Å². The van der Waals surface area contributed by atoms with Gasteiger partial charge in [-0.05, 0) is 30.7 Å². The Kier molecular flexibility index (Phi) is 6.98. The molecule has 27 heavy (non-hydrogen) atoms. The van der Waals surface area contributed by atoms with Gasteiger partial charge in [0, 0.05) is 11.1 Å². The fraction of sp³-hybridized carbons (Fsp3) is 0.176. The molecule has 0 aliphatic rings. The van der Waals surface area contributed by atoms with Crippen LogP contribution < -0.4 is 10.9 Å². The Hall–Kier alpha value is -2.83. The molecule has 0 aliphatic carbocycles. The van der Waals surface area contributed by atoms with Crippen molar-refractivity contribution >= 4 is 40.9 Å². The van der Waals surface area contributed by atoms with Gasteiger partial charge in [-0.3, -0.25) is 14.4 Å². The van der Waals surface area contributed by atoms with Gasteiger partial charge in [-0.25, -0.2) is 4.39 Å². The first-order valence-corrected chi connectivity index (χ1v) is 8.84. The van der Waals surface area contributed by atoms with Crippen molar-refractivity contribution < 1.29 is 18.7 Å². The molecule has 1 heterocycles. The molecule has 1 aromatic carbocycles. The number of aromatic amines is 1. The molecular formula is C17H13ClFN3O4S. The van der Waals surface area contributed by atoms with Crippen LogP contribution in [-0.4, -0.2) is 29.2 Å². The summed E-state index contributed by atoms with van der Waals surface area (Å²) in [5, 5.41) is 11.8. The predicted octanol–water partition coefficient (Wildman–Crippen LogP) is 2.62. The first-order valence-electron chi connectivity index (χ1n) is 7.47. The zero-order chi connectivity index (χ0) is 20.0. The Labute approximate surface area is 162 Å². The number of benzene rings is 1. The number of carbonyl (C=O) groups excluding carboxylic acids is 2. The number of thioether (sulfide) groups is 1. The van der Waals surface area contributed by atoms with Crippen molar-refractivity contribution in [3.63, 3.8) is 0 Å². The number of hydrogen-bond donors (Lipinski definition) is 2. The molecule has 0 saturated heterocycles. The molecule has 7 nitrogen and oxygen atoms in total. The monoisotopic (exact) mass is 409 g/mol. The fourth-order valence-electron chi connectivity index (χ4n) is 2.00. The smallest absolute Gasteiger partial charge is 0.316 e. The standard InChI is InChI=1S/C17H13ClFN3O4S/c1-9-4-14(23)22-17(11(9)6-20)27-8-16(25)26-7-15(24)21-13-3-2-10(18)5-12(13)19/h2-5H,7-8H2,1H3,(H,21,24)(H,22,23). The highest BCUT2D eigenvalue weighted by molar-refractivity contribution is 7.99. The van der Waals surface area contributed by atoms with Gasteiger partial charge in [0.25, 0.3) is 5.91 Å². The highest BCUT2D eigenvalue weighted by Crippen LogP contribution is 2.21. The van der Waals surface area contributed by atoms with Crippen LogP contribution in [0.25, 0.3) is 0 Å². The predicted molar refractivity (Wildman–Crippen MR) is 98.2 cm³/mol. The minimum atomic E-state index is -0.738. The molecule has 2 N–H and O–H groups in total. The molecule has 0 atom stereocenters. The van der Waals surface area contributed by atoms with Crippen molar-refractivity contribution in [3.8, 4) is 6.07 Å². The van der Waals surface area contributed by atoms with Gasteiger partial charge in [0.15, 0.2) is 6.61 Å². The molecule has 1 aromatic heterocycles. The number of aryl methyl sites for hydroxylation is 1.